The lowest BCUT2D eigenvalue weighted by atomic mass is 10.0. The molecule has 0 unspecified atom stereocenters. The predicted octanol–water partition coefficient (Wildman–Crippen LogP) is 2.42. The lowest BCUT2D eigenvalue weighted by Crippen LogP contribution is -2.34. The minimum Gasteiger partial charge on any atom is -0.454 e. The van der Waals surface area contributed by atoms with Crippen molar-refractivity contribution in [3.63, 3.8) is 0 Å². The third kappa shape index (κ3) is 4.84. The van der Waals surface area contributed by atoms with Crippen LogP contribution in [0.5, 0.6) is 11.5 Å². The molecule has 0 aromatic heterocycles. The topological polar surface area (TPSA) is 89.0 Å². The second-order valence-corrected chi connectivity index (χ2v) is 6.37. The van der Waals surface area contributed by atoms with Gasteiger partial charge in [0.25, 0.3) is 11.8 Å². The van der Waals surface area contributed by atoms with Crippen molar-refractivity contribution in [1.29, 1.82) is 0 Å². The molecule has 27 heavy (non-hydrogen) atoms. The molecule has 1 heterocycles. The molecule has 0 spiro atoms. The molecular weight excluding hydrogens is 346 g/mol. The van der Waals surface area contributed by atoms with Crippen LogP contribution >= 0.6 is 0 Å². The van der Waals surface area contributed by atoms with Gasteiger partial charge in [0.1, 0.15) is 0 Å². The maximum atomic E-state index is 12.1. The van der Waals surface area contributed by atoms with Crippen LogP contribution in [0.4, 0.5) is 0 Å². The zero-order valence-corrected chi connectivity index (χ0v) is 15.2. The van der Waals surface area contributed by atoms with Crippen molar-refractivity contribution in [2.75, 3.05) is 13.3 Å². The van der Waals surface area contributed by atoms with Crippen LogP contribution in [0.3, 0.4) is 0 Å². The number of fused-ring (bicyclic) bond motifs is 1. The van der Waals surface area contributed by atoms with Crippen molar-refractivity contribution in [3.05, 3.63) is 59.2 Å². The van der Waals surface area contributed by atoms with Crippen LogP contribution in [0.15, 0.2) is 47.6 Å². The van der Waals surface area contributed by atoms with Crippen molar-refractivity contribution in [1.82, 2.24) is 10.7 Å². The Morgan fingerprint density at radius 3 is 2.59 bits per heavy atom. The first-order valence-electron chi connectivity index (χ1n) is 8.62. The van der Waals surface area contributed by atoms with Crippen LogP contribution in [0.25, 0.3) is 0 Å². The second kappa shape index (κ2) is 8.35. The number of carbonyl (C=O) groups excluding carboxylic acids is 2. The molecule has 0 radical (unpaired) electrons. The highest BCUT2D eigenvalue weighted by Gasteiger charge is 2.16. The Balaban J connectivity index is 1.46. The van der Waals surface area contributed by atoms with E-state index < -0.39 is 5.91 Å². The third-order valence-electron chi connectivity index (χ3n) is 4.05. The first-order chi connectivity index (χ1) is 13.0. The number of nitrogens with one attached hydrogen (secondary N) is 2. The maximum Gasteiger partial charge on any atom is 0.259 e. The molecule has 7 nitrogen and oxygen atoms in total. The zero-order chi connectivity index (χ0) is 19.2. The number of hydrazone groups is 1. The van der Waals surface area contributed by atoms with Gasteiger partial charge in [0, 0.05) is 5.56 Å². The minimum absolute atomic E-state index is 0.140. The van der Waals surface area contributed by atoms with E-state index in [9.17, 15) is 9.59 Å². The minimum atomic E-state index is -0.417. The van der Waals surface area contributed by atoms with E-state index in [1.807, 2.05) is 24.3 Å². The molecule has 0 bridgehead atoms. The highest BCUT2D eigenvalue weighted by Crippen LogP contribution is 2.32. The van der Waals surface area contributed by atoms with Gasteiger partial charge in [-0.1, -0.05) is 38.1 Å². The van der Waals surface area contributed by atoms with Crippen molar-refractivity contribution in [2.24, 2.45) is 5.10 Å². The van der Waals surface area contributed by atoms with Gasteiger partial charge in [-0.05, 0) is 35.2 Å². The average molecular weight is 367 g/mol. The number of nitrogens with zero attached hydrogens (tertiary/aromatic N) is 1. The summed E-state index contributed by atoms with van der Waals surface area (Å²) in [4.78, 5) is 23.9. The van der Waals surface area contributed by atoms with E-state index in [0.717, 1.165) is 5.56 Å². The normalized spacial score (nSPS) is 12.4. The van der Waals surface area contributed by atoms with E-state index in [2.05, 4.69) is 29.7 Å². The summed E-state index contributed by atoms with van der Waals surface area (Å²) in [5.41, 5.74) is 4.89. The fourth-order valence-corrected chi connectivity index (χ4v) is 2.49. The number of hydrogen-bond acceptors (Lipinski definition) is 5. The zero-order valence-electron chi connectivity index (χ0n) is 15.2. The standard InChI is InChI=1S/C20H21N3O4/c1-13(2)15-5-3-14(4-6-15)10-22-23-19(24)11-21-20(25)16-7-8-17-18(9-16)27-12-26-17/h3-10,13H,11-12H2,1-2H3,(H,21,25)(H,23,24). The molecular formula is C20H21N3O4. The van der Waals surface area contributed by atoms with Gasteiger partial charge in [0.05, 0.1) is 12.8 Å². The van der Waals surface area contributed by atoms with Crippen LogP contribution in [0.1, 0.15) is 41.3 Å². The van der Waals surface area contributed by atoms with Crippen molar-refractivity contribution >= 4 is 18.0 Å². The van der Waals surface area contributed by atoms with E-state index in [1.165, 1.54) is 5.56 Å². The van der Waals surface area contributed by atoms with Crippen molar-refractivity contribution in [2.45, 2.75) is 19.8 Å². The number of rotatable bonds is 6. The molecule has 3 rings (SSSR count). The molecule has 0 saturated carbocycles. The number of ether oxygens (including phenoxy) is 2. The first kappa shape index (κ1) is 18.4. The van der Waals surface area contributed by atoms with Crippen LogP contribution in [-0.4, -0.2) is 31.4 Å². The number of benzene rings is 2. The van der Waals surface area contributed by atoms with E-state index in [0.29, 0.717) is 23.0 Å². The van der Waals surface area contributed by atoms with Crippen LogP contribution in [0.2, 0.25) is 0 Å². The number of carbonyl (C=O) groups is 2. The Kier molecular flexibility index (Phi) is 5.71. The van der Waals surface area contributed by atoms with Gasteiger partial charge >= 0.3 is 0 Å². The molecule has 2 aromatic carbocycles. The third-order valence-corrected chi connectivity index (χ3v) is 4.05. The summed E-state index contributed by atoms with van der Waals surface area (Å²) in [6.07, 6.45) is 1.56. The van der Waals surface area contributed by atoms with E-state index in [4.69, 9.17) is 9.47 Å². The Labute approximate surface area is 157 Å². The summed E-state index contributed by atoms with van der Waals surface area (Å²) >= 11 is 0. The molecule has 1 aliphatic heterocycles. The Morgan fingerprint density at radius 1 is 1.11 bits per heavy atom. The quantitative estimate of drug-likeness (QED) is 0.606. The van der Waals surface area contributed by atoms with Gasteiger partial charge in [-0.3, -0.25) is 9.59 Å². The summed E-state index contributed by atoms with van der Waals surface area (Å²) < 4.78 is 10.4. The summed E-state index contributed by atoms with van der Waals surface area (Å²) in [5.74, 6) is 0.778. The van der Waals surface area contributed by atoms with Gasteiger partial charge in [0.15, 0.2) is 11.5 Å². The molecule has 0 saturated heterocycles. The number of hydrogen-bond donors (Lipinski definition) is 2. The molecule has 2 amide bonds. The van der Waals surface area contributed by atoms with E-state index in [-0.39, 0.29) is 19.2 Å². The predicted molar refractivity (Wildman–Crippen MR) is 101 cm³/mol. The lowest BCUT2D eigenvalue weighted by molar-refractivity contribution is -0.120. The fourth-order valence-electron chi connectivity index (χ4n) is 2.49. The Bertz CT molecular complexity index is 860. The SMILES string of the molecule is CC(C)c1ccc(C=NNC(=O)CNC(=O)c2ccc3c(c2)OCO3)cc1. The Morgan fingerprint density at radius 2 is 1.85 bits per heavy atom. The van der Waals surface area contributed by atoms with Crippen LogP contribution in [0, 0.1) is 0 Å². The molecule has 0 aliphatic carbocycles. The molecule has 0 atom stereocenters. The average Bonchev–Trinajstić information content (AvgIpc) is 3.14. The van der Waals surface area contributed by atoms with Gasteiger partial charge in [-0.15, -0.1) is 0 Å². The molecule has 1 aliphatic rings. The summed E-state index contributed by atoms with van der Waals surface area (Å²) in [5, 5.41) is 6.44. The molecule has 2 N–H and O–H groups in total. The number of amides is 2. The van der Waals surface area contributed by atoms with E-state index in [1.54, 1.807) is 24.4 Å². The molecule has 7 heteroatoms. The van der Waals surface area contributed by atoms with Crippen LogP contribution < -0.4 is 20.2 Å². The summed E-state index contributed by atoms with van der Waals surface area (Å²) in [6.45, 7) is 4.21. The van der Waals surface area contributed by atoms with Gasteiger partial charge in [-0.25, -0.2) is 5.43 Å². The highest BCUT2D eigenvalue weighted by atomic mass is 16.7. The molecule has 140 valence electrons. The maximum absolute atomic E-state index is 12.1. The van der Waals surface area contributed by atoms with Crippen molar-refractivity contribution < 1.29 is 19.1 Å². The van der Waals surface area contributed by atoms with Gasteiger partial charge in [0.2, 0.25) is 6.79 Å². The highest BCUT2D eigenvalue weighted by molar-refractivity contribution is 5.97. The summed E-state index contributed by atoms with van der Waals surface area (Å²) in [6, 6.07) is 12.8. The van der Waals surface area contributed by atoms with Crippen molar-refractivity contribution in [3.8, 4) is 11.5 Å². The monoisotopic (exact) mass is 367 g/mol. The largest absolute Gasteiger partial charge is 0.454 e. The summed E-state index contributed by atoms with van der Waals surface area (Å²) in [7, 11) is 0. The first-order valence-corrected chi connectivity index (χ1v) is 8.62. The van der Waals surface area contributed by atoms with Crippen LogP contribution in [-0.2, 0) is 4.79 Å². The van der Waals surface area contributed by atoms with Gasteiger partial charge < -0.3 is 14.8 Å². The van der Waals surface area contributed by atoms with E-state index >= 15 is 0 Å². The fraction of sp³-hybridized carbons (Fsp3) is 0.250. The second-order valence-electron chi connectivity index (χ2n) is 6.37. The molecule has 2 aromatic rings. The smallest absolute Gasteiger partial charge is 0.259 e. The molecule has 0 fully saturated rings. The lowest BCUT2D eigenvalue weighted by Gasteiger charge is -2.05. The van der Waals surface area contributed by atoms with Gasteiger partial charge in [-0.2, -0.15) is 5.10 Å². The Hall–Kier alpha value is -3.35.